The Kier molecular flexibility index (Phi) is 6.72. The van der Waals surface area contributed by atoms with E-state index in [0.29, 0.717) is 29.7 Å². The number of carbonyl (C=O) groups excluding carboxylic acids is 1. The maximum atomic E-state index is 13.6. The third-order valence-electron chi connectivity index (χ3n) is 8.29. The highest BCUT2D eigenvalue weighted by molar-refractivity contribution is 14.1. The zero-order valence-electron chi connectivity index (χ0n) is 18.8. The average Bonchev–Trinajstić information content (AvgIpc) is 3.07. The number of fused-ring (bicyclic) bond motifs is 2. The monoisotopic (exact) mass is 542 g/mol. The fraction of sp³-hybridized carbons (Fsp3) is 0.708. The predicted octanol–water partition coefficient (Wildman–Crippen LogP) is 2.95. The molecule has 7 heteroatoms. The molecule has 31 heavy (non-hydrogen) atoms. The van der Waals surface area contributed by atoms with Crippen LogP contribution in [0.15, 0.2) is 24.3 Å². The highest BCUT2D eigenvalue weighted by Gasteiger charge is 2.57. The van der Waals surface area contributed by atoms with Crippen LogP contribution in [0.25, 0.3) is 0 Å². The quantitative estimate of drug-likeness (QED) is 0.482. The molecule has 6 nitrogen and oxygen atoms in total. The van der Waals surface area contributed by atoms with E-state index in [0.717, 1.165) is 15.6 Å². The minimum Gasteiger partial charge on any atom is -0.394 e. The Morgan fingerprint density at radius 2 is 2.13 bits per heavy atom. The van der Waals surface area contributed by atoms with Gasteiger partial charge in [-0.05, 0) is 83.2 Å². The Hall–Kier alpha value is -0.740. The minimum atomic E-state index is -0.773. The lowest BCUT2D eigenvalue weighted by Gasteiger charge is -2.62. The van der Waals surface area contributed by atoms with E-state index in [-0.39, 0.29) is 18.6 Å². The largest absolute Gasteiger partial charge is 0.394 e. The van der Waals surface area contributed by atoms with E-state index in [4.69, 9.17) is 4.84 Å². The van der Waals surface area contributed by atoms with Gasteiger partial charge < -0.3 is 15.5 Å². The van der Waals surface area contributed by atoms with Gasteiger partial charge in [0.25, 0.3) is 0 Å². The van der Waals surface area contributed by atoms with E-state index < -0.39 is 24.2 Å². The highest BCUT2D eigenvalue weighted by atomic mass is 127. The Balaban J connectivity index is 1.53. The third kappa shape index (κ3) is 4.28. The molecule has 5 rings (SSSR count). The molecule has 1 aliphatic heterocycles. The molecule has 3 unspecified atom stereocenters. The number of hydrogen-bond acceptors (Lipinski definition) is 5. The zero-order valence-corrected chi connectivity index (χ0v) is 21.0. The van der Waals surface area contributed by atoms with Gasteiger partial charge in [0.05, 0.1) is 19.3 Å². The number of halogens is 1. The number of aliphatic hydroxyl groups is 2. The van der Waals surface area contributed by atoms with Crippen LogP contribution < -0.4 is 5.32 Å². The van der Waals surface area contributed by atoms with Gasteiger partial charge in [0.1, 0.15) is 12.1 Å². The van der Waals surface area contributed by atoms with E-state index in [9.17, 15) is 15.0 Å². The zero-order chi connectivity index (χ0) is 22.5. The summed E-state index contributed by atoms with van der Waals surface area (Å²) >= 11 is 2.27. The summed E-state index contributed by atoms with van der Waals surface area (Å²) in [4.78, 5) is 19.6. The van der Waals surface area contributed by atoms with Crippen LogP contribution in [-0.2, 0) is 16.2 Å². The summed E-state index contributed by atoms with van der Waals surface area (Å²) in [5.74, 6) is 1.12. The number of amides is 1. The first-order valence-electron chi connectivity index (χ1n) is 11.4. The van der Waals surface area contributed by atoms with Crippen molar-refractivity contribution >= 4 is 28.5 Å². The van der Waals surface area contributed by atoms with Gasteiger partial charge in [-0.1, -0.05) is 32.9 Å². The molecule has 0 spiro atoms. The SMILES string of the molecule is CC1[C@@H](NC(=O)[C@@H]2[C@H]([C@H](C)O)C(CO)ON2Cc2cccc(I)c2)CC2C[C@@H]1C2(C)C. The van der Waals surface area contributed by atoms with Crippen molar-refractivity contribution < 1.29 is 19.8 Å². The molecule has 0 radical (unpaired) electrons. The second-order valence-corrected chi connectivity index (χ2v) is 11.6. The number of carbonyl (C=O) groups is 1. The van der Waals surface area contributed by atoms with Crippen molar-refractivity contribution in [1.29, 1.82) is 0 Å². The van der Waals surface area contributed by atoms with Crippen LogP contribution in [0.5, 0.6) is 0 Å². The van der Waals surface area contributed by atoms with E-state index in [1.54, 1.807) is 12.0 Å². The van der Waals surface area contributed by atoms with Gasteiger partial charge in [0, 0.05) is 15.5 Å². The molecule has 1 aromatic carbocycles. The van der Waals surface area contributed by atoms with Crippen LogP contribution in [0, 0.1) is 32.7 Å². The minimum absolute atomic E-state index is 0.108. The predicted molar refractivity (Wildman–Crippen MR) is 127 cm³/mol. The van der Waals surface area contributed by atoms with E-state index in [2.05, 4.69) is 54.7 Å². The Morgan fingerprint density at radius 3 is 2.71 bits per heavy atom. The molecule has 1 saturated heterocycles. The van der Waals surface area contributed by atoms with Gasteiger partial charge >= 0.3 is 0 Å². The molecular weight excluding hydrogens is 507 g/mol. The molecule has 1 amide bonds. The first-order chi connectivity index (χ1) is 14.6. The van der Waals surface area contributed by atoms with Crippen LogP contribution in [0.2, 0.25) is 0 Å². The fourth-order valence-corrected chi connectivity index (χ4v) is 6.91. The van der Waals surface area contributed by atoms with Gasteiger partial charge in [-0.3, -0.25) is 9.63 Å². The van der Waals surface area contributed by atoms with Gasteiger partial charge in [-0.15, -0.1) is 0 Å². The molecule has 4 aliphatic rings. The van der Waals surface area contributed by atoms with Gasteiger partial charge in [-0.25, -0.2) is 0 Å². The number of nitrogens with one attached hydrogen (secondary N) is 1. The van der Waals surface area contributed by atoms with Crippen molar-refractivity contribution in [3.05, 3.63) is 33.4 Å². The summed E-state index contributed by atoms with van der Waals surface area (Å²) in [6.45, 7) is 8.82. The third-order valence-corrected chi connectivity index (χ3v) is 8.96. The number of rotatable bonds is 6. The number of benzene rings is 1. The normalized spacial score (nSPS) is 37.8. The van der Waals surface area contributed by atoms with Gasteiger partial charge in [0.2, 0.25) is 5.91 Å². The molecule has 2 bridgehead atoms. The van der Waals surface area contributed by atoms with Crippen LogP contribution in [0.1, 0.15) is 46.1 Å². The number of aliphatic hydroxyl groups excluding tert-OH is 2. The Labute approximate surface area is 198 Å². The van der Waals surface area contributed by atoms with Crippen LogP contribution in [0.3, 0.4) is 0 Å². The van der Waals surface area contributed by atoms with E-state index in [1.807, 2.05) is 18.2 Å². The number of nitrogens with zero attached hydrogens (tertiary/aromatic N) is 1. The maximum Gasteiger partial charge on any atom is 0.240 e. The second kappa shape index (κ2) is 8.89. The topological polar surface area (TPSA) is 82.0 Å². The lowest BCUT2D eigenvalue weighted by molar-refractivity contribution is -0.183. The summed E-state index contributed by atoms with van der Waals surface area (Å²) in [6.07, 6.45) is 0.887. The molecule has 3 saturated carbocycles. The summed E-state index contributed by atoms with van der Waals surface area (Å²) in [6, 6.07) is 7.56. The molecule has 4 fully saturated rings. The lowest BCUT2D eigenvalue weighted by Crippen LogP contribution is -2.62. The first kappa shape index (κ1) is 23.4. The van der Waals surface area contributed by atoms with Crippen molar-refractivity contribution in [2.45, 2.75) is 71.4 Å². The summed E-state index contributed by atoms with van der Waals surface area (Å²) in [5, 5.41) is 25.3. The number of hydrogen-bond donors (Lipinski definition) is 3. The first-order valence-corrected chi connectivity index (χ1v) is 12.5. The molecule has 8 atom stereocenters. The maximum absolute atomic E-state index is 13.6. The Bertz CT molecular complexity index is 817. The highest BCUT2D eigenvalue weighted by Crippen LogP contribution is 2.61. The van der Waals surface area contributed by atoms with Crippen molar-refractivity contribution in [1.82, 2.24) is 10.4 Å². The van der Waals surface area contributed by atoms with Crippen molar-refractivity contribution in [3.8, 4) is 0 Å². The smallest absolute Gasteiger partial charge is 0.240 e. The summed E-state index contributed by atoms with van der Waals surface area (Å²) < 4.78 is 1.11. The van der Waals surface area contributed by atoms with E-state index in [1.165, 1.54) is 6.42 Å². The van der Waals surface area contributed by atoms with Gasteiger partial charge in [-0.2, -0.15) is 5.06 Å². The van der Waals surface area contributed by atoms with E-state index >= 15 is 0 Å². The fourth-order valence-electron chi connectivity index (χ4n) is 6.30. The molecule has 1 heterocycles. The van der Waals surface area contributed by atoms with Crippen molar-refractivity contribution in [2.24, 2.45) is 29.1 Å². The standard InChI is InChI=1S/C24H35IN2O4/c1-13-18-9-16(24(18,3)4)10-19(13)26-23(30)22-21(14(2)29)20(12-28)31-27(22)11-15-6-5-7-17(25)8-15/h5-8,13-14,16,18-22,28-29H,9-12H2,1-4H3,(H,26,30)/t13?,14-,16?,18-,19-,20?,21+,22-/m0/s1. The molecule has 3 aliphatic carbocycles. The van der Waals surface area contributed by atoms with Crippen LogP contribution in [-0.4, -0.2) is 52.1 Å². The van der Waals surface area contributed by atoms with Crippen molar-refractivity contribution in [2.75, 3.05) is 6.61 Å². The second-order valence-electron chi connectivity index (χ2n) is 10.4. The average molecular weight is 542 g/mol. The van der Waals surface area contributed by atoms with Crippen molar-refractivity contribution in [3.63, 3.8) is 0 Å². The molecular formula is C24H35IN2O4. The van der Waals surface area contributed by atoms with Crippen LogP contribution in [0.4, 0.5) is 0 Å². The Morgan fingerprint density at radius 1 is 1.39 bits per heavy atom. The molecule has 0 aromatic heterocycles. The summed E-state index contributed by atoms with van der Waals surface area (Å²) in [7, 11) is 0. The lowest BCUT2D eigenvalue weighted by atomic mass is 9.45. The van der Waals surface area contributed by atoms with Gasteiger partial charge in [0.15, 0.2) is 0 Å². The summed E-state index contributed by atoms with van der Waals surface area (Å²) in [5.41, 5.74) is 1.39. The molecule has 1 aromatic rings. The number of hydroxylamine groups is 2. The molecule has 3 N–H and O–H groups in total. The van der Waals surface area contributed by atoms with Crippen LogP contribution >= 0.6 is 22.6 Å². The molecule has 172 valence electrons.